The molecule has 2 N–H and O–H groups in total. The number of ether oxygens (including phenoxy) is 2. The normalized spacial score (nSPS) is 12.0. The van der Waals surface area contributed by atoms with Gasteiger partial charge in [-0.25, -0.2) is 0 Å². The van der Waals surface area contributed by atoms with Crippen molar-refractivity contribution in [3.8, 4) is 11.5 Å². The lowest BCUT2D eigenvalue weighted by molar-refractivity contribution is -0.136. The van der Waals surface area contributed by atoms with Crippen LogP contribution in [-0.4, -0.2) is 18.6 Å². The zero-order valence-corrected chi connectivity index (χ0v) is 11.7. The summed E-state index contributed by atoms with van der Waals surface area (Å²) in [5, 5.41) is 6.99. The molecule has 0 bridgehead atoms. The van der Waals surface area contributed by atoms with Gasteiger partial charge in [-0.05, 0) is 23.6 Å². The predicted molar refractivity (Wildman–Crippen MR) is 77.4 cm³/mol. The topological polar surface area (TPSA) is 76.7 Å². The van der Waals surface area contributed by atoms with Crippen LogP contribution in [0.4, 0.5) is 5.69 Å². The van der Waals surface area contributed by atoms with Gasteiger partial charge in [0.25, 0.3) is 0 Å². The number of amides is 2. The van der Waals surface area contributed by atoms with Crippen molar-refractivity contribution in [2.24, 2.45) is 0 Å². The van der Waals surface area contributed by atoms with Crippen LogP contribution in [0.5, 0.6) is 11.5 Å². The van der Waals surface area contributed by atoms with Crippen molar-refractivity contribution in [1.82, 2.24) is 5.32 Å². The molecule has 0 unspecified atom stereocenters. The molecular weight excluding hydrogens is 292 g/mol. The molecule has 2 heterocycles. The van der Waals surface area contributed by atoms with E-state index in [0.717, 1.165) is 4.88 Å². The standard InChI is InChI=1S/C14H12N2O4S/c17-13(15-7-10-2-1-5-21-10)14(18)16-9-3-4-11-12(6-9)20-8-19-11/h1-6H,7-8H2,(H,15,17)(H,16,18). The fourth-order valence-corrected chi connectivity index (χ4v) is 2.47. The van der Waals surface area contributed by atoms with Crippen LogP contribution in [0, 0.1) is 0 Å². The fourth-order valence-electron chi connectivity index (χ4n) is 1.82. The van der Waals surface area contributed by atoms with E-state index in [1.54, 1.807) is 18.2 Å². The van der Waals surface area contributed by atoms with Gasteiger partial charge in [-0.2, -0.15) is 0 Å². The van der Waals surface area contributed by atoms with E-state index in [1.165, 1.54) is 11.3 Å². The van der Waals surface area contributed by atoms with Crippen molar-refractivity contribution in [2.75, 3.05) is 12.1 Å². The van der Waals surface area contributed by atoms with E-state index < -0.39 is 11.8 Å². The molecule has 7 heteroatoms. The molecule has 0 saturated heterocycles. The Morgan fingerprint density at radius 3 is 2.81 bits per heavy atom. The molecule has 1 aliphatic rings. The molecule has 108 valence electrons. The van der Waals surface area contributed by atoms with E-state index >= 15 is 0 Å². The highest BCUT2D eigenvalue weighted by atomic mass is 32.1. The highest BCUT2D eigenvalue weighted by molar-refractivity contribution is 7.09. The summed E-state index contributed by atoms with van der Waals surface area (Å²) in [6, 6.07) is 8.73. The Morgan fingerprint density at radius 1 is 1.14 bits per heavy atom. The molecule has 0 radical (unpaired) electrons. The Bertz CT molecular complexity index is 670. The van der Waals surface area contributed by atoms with Crippen LogP contribution in [0.2, 0.25) is 0 Å². The van der Waals surface area contributed by atoms with Crippen molar-refractivity contribution in [3.63, 3.8) is 0 Å². The molecule has 1 aromatic carbocycles. The molecule has 0 spiro atoms. The minimum Gasteiger partial charge on any atom is -0.454 e. The summed E-state index contributed by atoms with van der Waals surface area (Å²) in [5.74, 6) is -0.228. The maximum atomic E-state index is 11.8. The number of rotatable bonds is 3. The number of hydrogen-bond donors (Lipinski definition) is 2. The van der Waals surface area contributed by atoms with Crippen LogP contribution in [0.25, 0.3) is 0 Å². The smallest absolute Gasteiger partial charge is 0.313 e. The van der Waals surface area contributed by atoms with E-state index in [0.29, 0.717) is 23.7 Å². The molecule has 1 aliphatic heterocycles. The van der Waals surface area contributed by atoms with Crippen molar-refractivity contribution < 1.29 is 19.1 Å². The summed E-state index contributed by atoms with van der Waals surface area (Å²) in [5.41, 5.74) is 0.482. The number of carbonyl (C=O) groups excluding carboxylic acids is 2. The van der Waals surface area contributed by atoms with Crippen LogP contribution in [0.3, 0.4) is 0 Å². The van der Waals surface area contributed by atoms with Gasteiger partial charge in [0.05, 0.1) is 6.54 Å². The average Bonchev–Trinajstić information content (AvgIpc) is 3.15. The van der Waals surface area contributed by atoms with Crippen molar-refractivity contribution in [1.29, 1.82) is 0 Å². The third-order valence-corrected chi connectivity index (χ3v) is 3.72. The predicted octanol–water partition coefficient (Wildman–Crippen LogP) is 1.73. The van der Waals surface area contributed by atoms with E-state index in [2.05, 4.69) is 10.6 Å². The Kier molecular flexibility index (Phi) is 3.74. The Labute approximate surface area is 124 Å². The molecule has 0 saturated carbocycles. The second-order valence-electron chi connectivity index (χ2n) is 4.28. The zero-order valence-electron chi connectivity index (χ0n) is 10.9. The SMILES string of the molecule is O=C(NCc1cccs1)C(=O)Nc1ccc2c(c1)OCO2. The molecular formula is C14H12N2O4S. The van der Waals surface area contributed by atoms with Gasteiger partial charge in [-0.3, -0.25) is 9.59 Å². The minimum atomic E-state index is -0.717. The van der Waals surface area contributed by atoms with Gasteiger partial charge >= 0.3 is 11.8 Å². The number of benzene rings is 1. The molecule has 3 rings (SSSR count). The Morgan fingerprint density at radius 2 is 2.00 bits per heavy atom. The molecule has 2 amide bonds. The lowest BCUT2D eigenvalue weighted by atomic mass is 10.2. The average molecular weight is 304 g/mol. The van der Waals surface area contributed by atoms with Crippen LogP contribution in [0.15, 0.2) is 35.7 Å². The summed E-state index contributed by atoms with van der Waals surface area (Å²) < 4.78 is 10.4. The number of hydrogen-bond acceptors (Lipinski definition) is 5. The van der Waals surface area contributed by atoms with Crippen molar-refractivity contribution >= 4 is 28.8 Å². The monoisotopic (exact) mass is 304 g/mol. The van der Waals surface area contributed by atoms with Crippen LogP contribution in [-0.2, 0) is 16.1 Å². The summed E-state index contributed by atoms with van der Waals surface area (Å²) in [6.07, 6.45) is 0. The van der Waals surface area contributed by atoms with E-state index in [-0.39, 0.29) is 6.79 Å². The molecule has 2 aromatic rings. The van der Waals surface area contributed by atoms with Gasteiger partial charge < -0.3 is 20.1 Å². The Hall–Kier alpha value is -2.54. The van der Waals surface area contributed by atoms with Gasteiger partial charge in [-0.1, -0.05) is 6.07 Å². The highest BCUT2D eigenvalue weighted by Crippen LogP contribution is 2.34. The first-order valence-electron chi connectivity index (χ1n) is 6.23. The fraction of sp³-hybridized carbons (Fsp3) is 0.143. The lowest BCUT2D eigenvalue weighted by Crippen LogP contribution is -2.34. The number of nitrogens with one attached hydrogen (secondary N) is 2. The van der Waals surface area contributed by atoms with Crippen molar-refractivity contribution in [2.45, 2.75) is 6.54 Å². The maximum absolute atomic E-state index is 11.8. The van der Waals surface area contributed by atoms with E-state index in [9.17, 15) is 9.59 Å². The second-order valence-corrected chi connectivity index (χ2v) is 5.32. The first-order chi connectivity index (χ1) is 10.2. The number of thiophene rings is 1. The summed E-state index contributed by atoms with van der Waals surface area (Å²) in [7, 11) is 0. The minimum absolute atomic E-state index is 0.161. The van der Waals surface area contributed by atoms with Gasteiger partial charge in [-0.15, -0.1) is 11.3 Å². The second kappa shape index (κ2) is 5.84. The quantitative estimate of drug-likeness (QED) is 0.847. The van der Waals surface area contributed by atoms with Crippen LogP contribution < -0.4 is 20.1 Å². The third-order valence-electron chi connectivity index (χ3n) is 2.84. The zero-order chi connectivity index (χ0) is 14.7. The molecule has 0 atom stereocenters. The molecule has 0 aliphatic carbocycles. The highest BCUT2D eigenvalue weighted by Gasteiger charge is 2.17. The van der Waals surface area contributed by atoms with Gasteiger partial charge in [0.1, 0.15) is 0 Å². The number of carbonyl (C=O) groups is 2. The lowest BCUT2D eigenvalue weighted by Gasteiger charge is -2.06. The third kappa shape index (κ3) is 3.14. The molecule has 21 heavy (non-hydrogen) atoms. The largest absolute Gasteiger partial charge is 0.454 e. The summed E-state index contributed by atoms with van der Waals surface area (Å²) in [6.45, 7) is 0.499. The first kappa shape index (κ1) is 13.4. The molecule has 6 nitrogen and oxygen atoms in total. The molecule has 0 fully saturated rings. The van der Waals surface area contributed by atoms with Crippen LogP contribution in [0.1, 0.15) is 4.88 Å². The van der Waals surface area contributed by atoms with E-state index in [1.807, 2.05) is 17.5 Å². The maximum Gasteiger partial charge on any atom is 0.313 e. The number of fused-ring (bicyclic) bond motifs is 1. The van der Waals surface area contributed by atoms with Crippen LogP contribution >= 0.6 is 11.3 Å². The van der Waals surface area contributed by atoms with E-state index in [4.69, 9.17) is 9.47 Å². The first-order valence-corrected chi connectivity index (χ1v) is 7.11. The van der Waals surface area contributed by atoms with Gasteiger partial charge in [0.2, 0.25) is 6.79 Å². The van der Waals surface area contributed by atoms with Gasteiger partial charge in [0, 0.05) is 16.6 Å². The number of anilines is 1. The van der Waals surface area contributed by atoms with Crippen molar-refractivity contribution in [3.05, 3.63) is 40.6 Å². The molecule has 1 aromatic heterocycles. The van der Waals surface area contributed by atoms with Gasteiger partial charge in [0.15, 0.2) is 11.5 Å². The summed E-state index contributed by atoms with van der Waals surface area (Å²) in [4.78, 5) is 24.5. The summed E-state index contributed by atoms with van der Waals surface area (Å²) >= 11 is 1.52. The Balaban J connectivity index is 1.56.